The van der Waals surface area contributed by atoms with E-state index in [1.807, 2.05) is 13.8 Å². The van der Waals surface area contributed by atoms with Gasteiger partial charge in [-0.1, -0.05) is 20.8 Å². The Morgan fingerprint density at radius 1 is 1.29 bits per heavy atom. The highest BCUT2D eigenvalue weighted by atomic mass is 32.2. The van der Waals surface area contributed by atoms with Crippen LogP contribution in [-0.4, -0.2) is 38.3 Å². The SMILES string of the molecule is CCOc1ccc(S(=O)(=O)N(CC)CC)cc1NC(=O)C1CC1C. The molecule has 0 heterocycles. The summed E-state index contributed by atoms with van der Waals surface area (Å²) in [7, 11) is -3.58. The number of sulfonamides is 1. The van der Waals surface area contributed by atoms with E-state index in [-0.39, 0.29) is 16.7 Å². The number of carbonyl (C=O) groups excluding carboxylic acids is 1. The molecule has 1 fully saturated rings. The van der Waals surface area contributed by atoms with Crippen molar-refractivity contribution < 1.29 is 17.9 Å². The van der Waals surface area contributed by atoms with Gasteiger partial charge in [0.25, 0.3) is 0 Å². The van der Waals surface area contributed by atoms with Crippen molar-refractivity contribution in [2.24, 2.45) is 11.8 Å². The van der Waals surface area contributed by atoms with Gasteiger partial charge in [0, 0.05) is 19.0 Å². The minimum atomic E-state index is -3.58. The third-order valence-electron chi connectivity index (χ3n) is 4.30. The van der Waals surface area contributed by atoms with Crippen molar-refractivity contribution in [2.75, 3.05) is 25.0 Å². The molecule has 6 nitrogen and oxygen atoms in total. The van der Waals surface area contributed by atoms with Gasteiger partial charge in [0.15, 0.2) is 0 Å². The van der Waals surface area contributed by atoms with Crippen molar-refractivity contribution in [1.29, 1.82) is 0 Å². The molecule has 0 aliphatic heterocycles. The molecular formula is C17H26N2O4S. The van der Waals surface area contributed by atoms with Crippen molar-refractivity contribution >= 4 is 21.6 Å². The highest BCUT2D eigenvalue weighted by Crippen LogP contribution is 2.39. The minimum Gasteiger partial charge on any atom is -0.492 e. The summed E-state index contributed by atoms with van der Waals surface area (Å²) in [4.78, 5) is 12.4. The molecule has 0 bridgehead atoms. The molecule has 1 aliphatic rings. The second-order valence-electron chi connectivity index (χ2n) is 5.99. The summed E-state index contributed by atoms with van der Waals surface area (Å²) in [6, 6.07) is 4.61. The van der Waals surface area contributed by atoms with Gasteiger partial charge in [0.05, 0.1) is 17.2 Å². The Morgan fingerprint density at radius 3 is 2.42 bits per heavy atom. The van der Waals surface area contributed by atoms with Crippen LogP contribution in [0.2, 0.25) is 0 Å². The standard InChI is InChI=1S/C17H26N2O4S/c1-5-19(6-2)24(21,22)13-8-9-16(23-7-3)15(11-13)18-17(20)14-10-12(14)4/h8-9,11-12,14H,5-7,10H2,1-4H3,(H,18,20). The third kappa shape index (κ3) is 3.89. The fraction of sp³-hybridized carbons (Fsp3) is 0.588. The van der Waals surface area contributed by atoms with E-state index in [0.717, 1.165) is 6.42 Å². The Labute approximate surface area is 144 Å². The molecule has 1 aromatic rings. The molecule has 1 saturated carbocycles. The number of ether oxygens (including phenoxy) is 1. The summed E-state index contributed by atoms with van der Waals surface area (Å²) in [5.41, 5.74) is 0.411. The van der Waals surface area contributed by atoms with Crippen LogP contribution in [0.1, 0.15) is 34.1 Å². The molecule has 134 valence electrons. The first-order chi connectivity index (χ1) is 11.3. The fourth-order valence-corrected chi connectivity index (χ4v) is 4.16. The maximum absolute atomic E-state index is 12.7. The lowest BCUT2D eigenvalue weighted by atomic mass is 10.2. The first kappa shape index (κ1) is 18.7. The van der Waals surface area contributed by atoms with Gasteiger partial charge in [-0.15, -0.1) is 0 Å². The molecule has 1 amide bonds. The maximum Gasteiger partial charge on any atom is 0.243 e. The number of carbonyl (C=O) groups is 1. The van der Waals surface area contributed by atoms with Crippen LogP contribution in [0, 0.1) is 11.8 Å². The Morgan fingerprint density at radius 2 is 1.92 bits per heavy atom. The zero-order valence-electron chi connectivity index (χ0n) is 14.7. The number of hydrogen-bond donors (Lipinski definition) is 1. The van der Waals surface area contributed by atoms with Crippen LogP contribution < -0.4 is 10.1 Å². The van der Waals surface area contributed by atoms with Crippen LogP contribution in [0.4, 0.5) is 5.69 Å². The van der Waals surface area contributed by atoms with Gasteiger partial charge in [-0.3, -0.25) is 4.79 Å². The molecular weight excluding hydrogens is 328 g/mol. The molecule has 0 radical (unpaired) electrons. The van der Waals surface area contributed by atoms with Crippen molar-refractivity contribution in [1.82, 2.24) is 4.31 Å². The number of rotatable bonds is 8. The van der Waals surface area contributed by atoms with Crippen LogP contribution in [0.3, 0.4) is 0 Å². The molecule has 0 spiro atoms. The van der Waals surface area contributed by atoms with Gasteiger partial charge < -0.3 is 10.1 Å². The summed E-state index contributed by atoms with van der Waals surface area (Å²) >= 11 is 0. The topological polar surface area (TPSA) is 75.7 Å². The van der Waals surface area contributed by atoms with E-state index in [2.05, 4.69) is 5.32 Å². The monoisotopic (exact) mass is 354 g/mol. The van der Waals surface area contributed by atoms with E-state index in [9.17, 15) is 13.2 Å². The van der Waals surface area contributed by atoms with E-state index in [1.165, 1.54) is 16.4 Å². The largest absolute Gasteiger partial charge is 0.492 e. The second kappa shape index (κ2) is 7.53. The molecule has 2 rings (SSSR count). The highest BCUT2D eigenvalue weighted by Gasteiger charge is 2.39. The summed E-state index contributed by atoms with van der Waals surface area (Å²) in [6.07, 6.45) is 0.868. The Hall–Kier alpha value is -1.60. The number of nitrogens with one attached hydrogen (secondary N) is 1. The predicted molar refractivity (Wildman–Crippen MR) is 93.6 cm³/mol. The number of amides is 1. The minimum absolute atomic E-state index is 0.00234. The molecule has 0 saturated heterocycles. The smallest absolute Gasteiger partial charge is 0.243 e. The Kier molecular flexibility index (Phi) is 5.87. The molecule has 1 aliphatic carbocycles. The van der Waals surface area contributed by atoms with E-state index >= 15 is 0 Å². The zero-order valence-corrected chi connectivity index (χ0v) is 15.5. The Balaban J connectivity index is 2.34. The van der Waals surface area contributed by atoms with Crippen molar-refractivity contribution in [3.63, 3.8) is 0 Å². The summed E-state index contributed by atoms with van der Waals surface area (Å²) in [5.74, 6) is 0.782. The predicted octanol–water partition coefficient (Wildman–Crippen LogP) is 2.71. The average molecular weight is 354 g/mol. The van der Waals surface area contributed by atoms with Gasteiger partial charge >= 0.3 is 0 Å². The van der Waals surface area contributed by atoms with Crippen LogP contribution in [0.5, 0.6) is 5.75 Å². The van der Waals surface area contributed by atoms with Gasteiger partial charge in [-0.05, 0) is 37.5 Å². The lowest BCUT2D eigenvalue weighted by Gasteiger charge is -2.20. The molecule has 2 unspecified atom stereocenters. The highest BCUT2D eigenvalue weighted by molar-refractivity contribution is 7.89. The van der Waals surface area contributed by atoms with E-state index in [4.69, 9.17) is 4.74 Å². The first-order valence-corrected chi connectivity index (χ1v) is 9.86. The van der Waals surface area contributed by atoms with Gasteiger partial charge in [0.1, 0.15) is 5.75 Å². The summed E-state index contributed by atoms with van der Waals surface area (Å²) < 4.78 is 32.3. The summed E-state index contributed by atoms with van der Waals surface area (Å²) in [6.45, 7) is 8.69. The number of nitrogens with zero attached hydrogens (tertiary/aromatic N) is 1. The van der Waals surface area contributed by atoms with Crippen LogP contribution in [-0.2, 0) is 14.8 Å². The molecule has 1 N–H and O–H groups in total. The van der Waals surface area contributed by atoms with Crippen LogP contribution in [0.15, 0.2) is 23.1 Å². The fourth-order valence-electron chi connectivity index (χ4n) is 2.67. The first-order valence-electron chi connectivity index (χ1n) is 8.42. The molecule has 0 aromatic heterocycles. The Bertz CT molecular complexity index is 699. The number of benzene rings is 1. The quantitative estimate of drug-likeness (QED) is 0.779. The van der Waals surface area contributed by atoms with Crippen molar-refractivity contribution in [2.45, 2.75) is 39.0 Å². The van der Waals surface area contributed by atoms with Gasteiger partial charge in [-0.2, -0.15) is 4.31 Å². The molecule has 1 aromatic carbocycles. The zero-order chi connectivity index (χ0) is 17.9. The van der Waals surface area contributed by atoms with Gasteiger partial charge in [-0.25, -0.2) is 8.42 Å². The second-order valence-corrected chi connectivity index (χ2v) is 7.93. The number of hydrogen-bond acceptors (Lipinski definition) is 4. The van der Waals surface area contributed by atoms with Gasteiger partial charge in [0.2, 0.25) is 15.9 Å². The van der Waals surface area contributed by atoms with E-state index in [1.54, 1.807) is 19.9 Å². The lowest BCUT2D eigenvalue weighted by molar-refractivity contribution is -0.117. The molecule has 2 atom stereocenters. The lowest BCUT2D eigenvalue weighted by Crippen LogP contribution is -2.30. The normalized spacial score (nSPS) is 20.0. The maximum atomic E-state index is 12.7. The molecule has 24 heavy (non-hydrogen) atoms. The van der Waals surface area contributed by atoms with Crippen molar-refractivity contribution in [3.05, 3.63) is 18.2 Å². The van der Waals surface area contributed by atoms with E-state index in [0.29, 0.717) is 37.1 Å². The van der Waals surface area contributed by atoms with E-state index < -0.39 is 10.0 Å². The van der Waals surface area contributed by atoms with Crippen molar-refractivity contribution in [3.8, 4) is 5.75 Å². The number of anilines is 1. The average Bonchev–Trinajstić information content (AvgIpc) is 3.27. The van der Waals surface area contributed by atoms with Crippen LogP contribution in [0.25, 0.3) is 0 Å². The molecule has 7 heteroatoms. The summed E-state index contributed by atoms with van der Waals surface area (Å²) in [5, 5.41) is 2.83. The van der Waals surface area contributed by atoms with Crippen LogP contribution >= 0.6 is 0 Å². The third-order valence-corrected chi connectivity index (χ3v) is 6.34.